The average Bonchev–Trinajstić information content (AvgIpc) is 2.50. The molecule has 5 heteroatoms. The Hall–Kier alpha value is -1.10. The van der Waals surface area contributed by atoms with Crippen LogP contribution in [0.25, 0.3) is 0 Å². The lowest BCUT2D eigenvalue weighted by Crippen LogP contribution is -3.00. The third-order valence-electron chi connectivity index (χ3n) is 4.64. The van der Waals surface area contributed by atoms with E-state index in [9.17, 15) is 4.79 Å². The van der Waals surface area contributed by atoms with Gasteiger partial charge in [-0.1, -0.05) is 18.2 Å². The van der Waals surface area contributed by atoms with Crippen LogP contribution < -0.4 is 12.4 Å². The van der Waals surface area contributed by atoms with Gasteiger partial charge in [-0.25, -0.2) is 4.79 Å². The molecule has 2 bridgehead atoms. The van der Waals surface area contributed by atoms with E-state index in [1.54, 1.807) is 0 Å². The highest BCUT2D eigenvalue weighted by atomic mass is 35.5. The molecule has 0 aliphatic carbocycles. The molecule has 3 fully saturated rings. The number of benzene rings is 1. The first-order chi connectivity index (χ1) is 9.20. The Morgan fingerprint density at radius 1 is 1.15 bits per heavy atom. The summed E-state index contributed by atoms with van der Waals surface area (Å²) in [7, 11) is 0. The molecule has 20 heavy (non-hydrogen) atoms. The number of esters is 1. The molecule has 1 aromatic rings. The van der Waals surface area contributed by atoms with E-state index in [1.807, 2.05) is 37.3 Å². The van der Waals surface area contributed by atoms with E-state index in [1.165, 1.54) is 0 Å². The van der Waals surface area contributed by atoms with Gasteiger partial charge in [0, 0.05) is 26.6 Å². The topological polar surface area (TPSA) is 29.5 Å². The lowest BCUT2D eigenvalue weighted by Gasteiger charge is -2.52. The predicted molar refractivity (Wildman–Crippen MR) is 72.6 cm³/mol. The maximum atomic E-state index is 12.1. The summed E-state index contributed by atoms with van der Waals surface area (Å²) >= 11 is 0. The minimum atomic E-state index is -0.200. The van der Waals surface area contributed by atoms with Crippen LogP contribution in [-0.2, 0) is 4.74 Å². The largest absolute Gasteiger partial charge is 1.00 e. The van der Waals surface area contributed by atoms with Crippen molar-refractivity contribution in [2.75, 3.05) is 39.3 Å². The minimum Gasteiger partial charge on any atom is -1.00 e. The minimum absolute atomic E-state index is 0. The Labute approximate surface area is 126 Å². The van der Waals surface area contributed by atoms with Gasteiger partial charge in [-0.2, -0.15) is 0 Å². The van der Waals surface area contributed by atoms with E-state index in [0.717, 1.165) is 43.8 Å². The number of carbonyl (C=O) groups is 1. The Balaban J connectivity index is 0.00000147. The number of halogens is 1. The number of quaternary nitrogens is 1. The molecule has 3 aliphatic rings. The summed E-state index contributed by atoms with van der Waals surface area (Å²) in [5, 5.41) is 0. The van der Waals surface area contributed by atoms with Crippen LogP contribution in [0.4, 0.5) is 0 Å². The first-order valence-corrected chi connectivity index (χ1v) is 7.04. The summed E-state index contributed by atoms with van der Waals surface area (Å²) in [5.41, 5.74) is 0.642. The van der Waals surface area contributed by atoms with Crippen LogP contribution in [-0.4, -0.2) is 60.8 Å². The van der Waals surface area contributed by atoms with Crippen LogP contribution in [0.15, 0.2) is 30.3 Å². The second-order valence-electron chi connectivity index (χ2n) is 5.60. The zero-order valence-corrected chi connectivity index (χ0v) is 12.6. The normalized spacial score (nSPS) is 29.4. The Morgan fingerprint density at radius 3 is 2.25 bits per heavy atom. The van der Waals surface area contributed by atoms with Gasteiger partial charge in [0.25, 0.3) is 0 Å². The van der Waals surface area contributed by atoms with E-state index in [2.05, 4.69) is 4.90 Å². The summed E-state index contributed by atoms with van der Waals surface area (Å²) in [4.78, 5) is 14.6. The maximum absolute atomic E-state index is 12.1. The molecule has 0 spiro atoms. The molecule has 1 aromatic carbocycles. The van der Waals surface area contributed by atoms with Crippen molar-refractivity contribution in [3.05, 3.63) is 35.9 Å². The molecule has 3 saturated heterocycles. The summed E-state index contributed by atoms with van der Waals surface area (Å²) in [6.45, 7) is 8.74. The number of nitrogens with zero attached hydrogens (tertiary/aromatic N) is 2. The number of piperazine rings is 3. The smallest absolute Gasteiger partial charge is 0.342 e. The van der Waals surface area contributed by atoms with Gasteiger partial charge in [0.2, 0.25) is 6.23 Å². The van der Waals surface area contributed by atoms with Crippen LogP contribution >= 0.6 is 0 Å². The highest BCUT2D eigenvalue weighted by Gasteiger charge is 2.44. The molecule has 0 saturated carbocycles. The second kappa shape index (κ2) is 6.12. The molecular formula is C15H21ClN2O2. The quantitative estimate of drug-likeness (QED) is 0.494. The van der Waals surface area contributed by atoms with Gasteiger partial charge < -0.3 is 17.1 Å². The van der Waals surface area contributed by atoms with E-state index < -0.39 is 0 Å². The van der Waals surface area contributed by atoms with Crippen LogP contribution in [0.5, 0.6) is 0 Å². The predicted octanol–water partition coefficient (Wildman–Crippen LogP) is -1.66. The first kappa shape index (κ1) is 15.3. The van der Waals surface area contributed by atoms with Gasteiger partial charge in [-0.05, 0) is 12.1 Å². The van der Waals surface area contributed by atoms with Crippen molar-refractivity contribution in [2.24, 2.45) is 0 Å². The standard InChI is InChI=1S/C15H21N2O2.ClH/c1-13(17-10-7-16(8-11-17)9-12-17)19-15(18)14-5-3-2-4-6-14;/h2-6,13H,7-12H2,1H3;1H/q+1;/p-1. The van der Waals surface area contributed by atoms with Gasteiger partial charge in [0.1, 0.15) is 0 Å². The van der Waals surface area contributed by atoms with Gasteiger partial charge in [0.15, 0.2) is 0 Å². The lowest BCUT2D eigenvalue weighted by molar-refractivity contribution is -0.978. The third kappa shape index (κ3) is 2.82. The van der Waals surface area contributed by atoms with Crippen molar-refractivity contribution in [2.45, 2.75) is 13.2 Å². The van der Waals surface area contributed by atoms with Crippen molar-refractivity contribution in [1.29, 1.82) is 0 Å². The van der Waals surface area contributed by atoms with Crippen molar-refractivity contribution in [1.82, 2.24) is 4.90 Å². The van der Waals surface area contributed by atoms with Crippen LogP contribution in [0.3, 0.4) is 0 Å². The van der Waals surface area contributed by atoms with E-state index >= 15 is 0 Å². The van der Waals surface area contributed by atoms with E-state index in [4.69, 9.17) is 4.74 Å². The number of ether oxygens (including phenoxy) is 1. The highest BCUT2D eigenvalue weighted by molar-refractivity contribution is 5.89. The number of rotatable bonds is 3. The second-order valence-corrected chi connectivity index (χ2v) is 5.60. The van der Waals surface area contributed by atoms with Crippen LogP contribution in [0, 0.1) is 0 Å². The number of fused-ring (bicyclic) bond motifs is 3. The summed E-state index contributed by atoms with van der Waals surface area (Å²) < 4.78 is 6.65. The molecule has 0 aromatic heterocycles. The SMILES string of the molecule is CC(OC(=O)c1ccccc1)[N+]12CCN(CC1)CC2.[Cl-]. The first-order valence-electron chi connectivity index (χ1n) is 7.04. The molecule has 3 aliphatic heterocycles. The van der Waals surface area contributed by atoms with Gasteiger partial charge in [-0.3, -0.25) is 9.38 Å². The maximum Gasteiger partial charge on any atom is 0.342 e. The fourth-order valence-electron chi connectivity index (χ4n) is 3.15. The molecule has 0 amide bonds. The number of hydrogen-bond acceptors (Lipinski definition) is 3. The summed E-state index contributed by atoms with van der Waals surface area (Å²) in [6, 6.07) is 9.26. The van der Waals surface area contributed by atoms with Crippen molar-refractivity contribution in [3.8, 4) is 0 Å². The molecule has 0 radical (unpaired) electrons. The Bertz CT molecular complexity index is 444. The Kier molecular flexibility index (Phi) is 4.68. The van der Waals surface area contributed by atoms with Gasteiger partial charge in [0.05, 0.1) is 25.2 Å². The summed E-state index contributed by atoms with van der Waals surface area (Å²) in [5.74, 6) is -0.200. The molecule has 1 atom stereocenters. The molecule has 1 unspecified atom stereocenters. The molecule has 4 nitrogen and oxygen atoms in total. The van der Waals surface area contributed by atoms with Crippen LogP contribution in [0.1, 0.15) is 17.3 Å². The van der Waals surface area contributed by atoms with Crippen molar-refractivity contribution in [3.63, 3.8) is 0 Å². The Morgan fingerprint density at radius 2 is 1.70 bits per heavy atom. The lowest BCUT2D eigenvalue weighted by atomic mass is 10.1. The van der Waals surface area contributed by atoms with Gasteiger partial charge >= 0.3 is 5.97 Å². The molecular weight excluding hydrogens is 276 g/mol. The molecule has 110 valence electrons. The fourth-order valence-corrected chi connectivity index (χ4v) is 3.15. The number of hydrogen-bond donors (Lipinski definition) is 0. The van der Waals surface area contributed by atoms with E-state index in [-0.39, 0.29) is 24.6 Å². The van der Waals surface area contributed by atoms with Crippen molar-refractivity contribution < 1.29 is 26.4 Å². The molecule has 3 heterocycles. The zero-order chi connectivity index (χ0) is 13.3. The van der Waals surface area contributed by atoms with Crippen LogP contribution in [0.2, 0.25) is 0 Å². The zero-order valence-electron chi connectivity index (χ0n) is 11.8. The summed E-state index contributed by atoms with van der Waals surface area (Å²) in [6.07, 6.45) is -0.0462. The van der Waals surface area contributed by atoms with Gasteiger partial charge in [-0.15, -0.1) is 0 Å². The monoisotopic (exact) mass is 296 g/mol. The van der Waals surface area contributed by atoms with E-state index in [0.29, 0.717) is 5.56 Å². The average molecular weight is 297 g/mol. The molecule has 0 N–H and O–H groups in total. The van der Waals surface area contributed by atoms with Crippen molar-refractivity contribution >= 4 is 5.97 Å². The third-order valence-corrected chi connectivity index (χ3v) is 4.64. The fraction of sp³-hybridized carbons (Fsp3) is 0.533. The highest BCUT2D eigenvalue weighted by Crippen LogP contribution is 2.24. The number of carbonyl (C=O) groups excluding carboxylic acids is 1. The molecule has 4 rings (SSSR count).